The van der Waals surface area contributed by atoms with Crippen molar-refractivity contribution in [2.75, 3.05) is 5.32 Å². The Bertz CT molecular complexity index is 1560. The number of carbonyl (C=O) groups is 5. The van der Waals surface area contributed by atoms with E-state index in [-0.39, 0.29) is 35.9 Å². The number of benzene rings is 3. The topological polar surface area (TPSA) is 134 Å². The van der Waals surface area contributed by atoms with E-state index in [1.807, 2.05) is 12.1 Å². The molecule has 42 heavy (non-hydrogen) atoms. The number of nitrogens with zero attached hydrogens (tertiary/aromatic N) is 1. The number of piperidine rings is 1. The van der Waals surface area contributed by atoms with E-state index in [1.165, 1.54) is 17.7 Å². The number of anilines is 1. The van der Waals surface area contributed by atoms with Gasteiger partial charge in [-0.15, -0.1) is 0 Å². The first-order valence-electron chi connectivity index (χ1n) is 13.8. The largest absolute Gasteiger partial charge is 0.457 e. The zero-order chi connectivity index (χ0) is 30.0. The molecule has 3 aromatic carbocycles. The average Bonchev–Trinajstić information content (AvgIpc) is 3.22. The Morgan fingerprint density at radius 3 is 2.21 bits per heavy atom. The van der Waals surface area contributed by atoms with Crippen molar-refractivity contribution in [3.05, 3.63) is 89.0 Å². The van der Waals surface area contributed by atoms with E-state index in [2.05, 4.69) is 48.9 Å². The van der Waals surface area contributed by atoms with Gasteiger partial charge >= 0.3 is 6.03 Å². The second kappa shape index (κ2) is 11.5. The highest BCUT2D eigenvalue weighted by molar-refractivity contribution is 6.23. The normalized spacial score (nSPS) is 16.6. The number of fused-ring (bicyclic) bond motifs is 1. The van der Waals surface area contributed by atoms with Crippen molar-refractivity contribution in [3.8, 4) is 11.5 Å². The van der Waals surface area contributed by atoms with Gasteiger partial charge in [-0.1, -0.05) is 39.0 Å². The fourth-order valence-corrected chi connectivity index (χ4v) is 4.91. The molecule has 3 N–H and O–H groups in total. The SMILES string of the molecule is CCC(C)(C)c1ccc(Oc2ccc(NC(=O)NCc3ccc4c(c3)C(=O)N(C3CCC(=O)NC3=O)C4=O)cc2)cc1. The molecule has 216 valence electrons. The van der Waals surface area contributed by atoms with Crippen molar-refractivity contribution in [3.63, 3.8) is 0 Å². The Balaban J connectivity index is 1.15. The van der Waals surface area contributed by atoms with Crippen LogP contribution in [-0.2, 0) is 21.5 Å². The molecule has 2 heterocycles. The smallest absolute Gasteiger partial charge is 0.319 e. The lowest BCUT2D eigenvalue weighted by atomic mass is 9.82. The van der Waals surface area contributed by atoms with Gasteiger partial charge in [-0.05, 0) is 77.9 Å². The van der Waals surface area contributed by atoms with Gasteiger partial charge in [0, 0.05) is 18.7 Å². The number of nitrogens with one attached hydrogen (secondary N) is 3. The molecule has 1 saturated heterocycles. The van der Waals surface area contributed by atoms with E-state index in [0.717, 1.165) is 17.1 Å². The summed E-state index contributed by atoms with van der Waals surface area (Å²) in [4.78, 5) is 63.0. The number of amides is 6. The van der Waals surface area contributed by atoms with Gasteiger partial charge in [0.05, 0.1) is 11.1 Å². The van der Waals surface area contributed by atoms with Crippen molar-refractivity contribution >= 4 is 35.3 Å². The van der Waals surface area contributed by atoms with Gasteiger partial charge in [0.2, 0.25) is 11.8 Å². The van der Waals surface area contributed by atoms with Crippen LogP contribution in [-0.4, -0.2) is 40.6 Å². The summed E-state index contributed by atoms with van der Waals surface area (Å²) in [5.74, 6) is -0.915. The van der Waals surface area contributed by atoms with Crippen LogP contribution in [0.1, 0.15) is 71.9 Å². The molecule has 1 atom stereocenters. The molecule has 2 aliphatic heterocycles. The number of ether oxygens (including phenoxy) is 1. The van der Waals surface area contributed by atoms with Crippen molar-refractivity contribution in [1.82, 2.24) is 15.5 Å². The van der Waals surface area contributed by atoms with Crippen molar-refractivity contribution in [1.29, 1.82) is 0 Å². The summed E-state index contributed by atoms with van der Waals surface area (Å²) < 4.78 is 5.93. The monoisotopic (exact) mass is 568 g/mol. The summed E-state index contributed by atoms with van der Waals surface area (Å²) >= 11 is 0. The first-order valence-corrected chi connectivity index (χ1v) is 13.8. The van der Waals surface area contributed by atoms with Gasteiger partial charge in [0.1, 0.15) is 17.5 Å². The van der Waals surface area contributed by atoms with E-state index in [4.69, 9.17) is 4.74 Å². The van der Waals surface area contributed by atoms with Crippen LogP contribution in [0.2, 0.25) is 0 Å². The maximum atomic E-state index is 13.0. The minimum Gasteiger partial charge on any atom is -0.457 e. The number of hydrogen-bond acceptors (Lipinski definition) is 6. The molecule has 0 aromatic heterocycles. The predicted molar refractivity (Wildman–Crippen MR) is 155 cm³/mol. The molecule has 0 saturated carbocycles. The Hall–Kier alpha value is -4.99. The van der Waals surface area contributed by atoms with Crippen LogP contribution >= 0.6 is 0 Å². The molecule has 6 amide bonds. The second-order valence-corrected chi connectivity index (χ2v) is 11.0. The van der Waals surface area contributed by atoms with Gasteiger partial charge < -0.3 is 15.4 Å². The summed E-state index contributed by atoms with van der Waals surface area (Å²) in [6, 6.07) is 18.2. The minimum atomic E-state index is -1.03. The lowest BCUT2D eigenvalue weighted by Gasteiger charge is -2.27. The highest BCUT2D eigenvalue weighted by Gasteiger charge is 2.44. The molecule has 0 spiro atoms. The fraction of sp³-hybridized carbons (Fsp3) is 0.281. The fourth-order valence-electron chi connectivity index (χ4n) is 4.91. The average molecular weight is 569 g/mol. The molecule has 1 fully saturated rings. The molecule has 1 unspecified atom stereocenters. The lowest BCUT2D eigenvalue weighted by Crippen LogP contribution is -2.54. The third-order valence-corrected chi connectivity index (χ3v) is 7.82. The number of carbonyl (C=O) groups excluding carboxylic acids is 5. The molecule has 2 aliphatic rings. The Kier molecular flexibility index (Phi) is 7.80. The van der Waals surface area contributed by atoms with Gasteiger partial charge in [-0.3, -0.25) is 29.4 Å². The highest BCUT2D eigenvalue weighted by atomic mass is 16.5. The molecule has 10 heteroatoms. The summed E-state index contributed by atoms with van der Waals surface area (Å²) in [5.41, 5.74) is 2.85. The van der Waals surface area contributed by atoms with Crippen LogP contribution in [0, 0.1) is 0 Å². The first kappa shape index (κ1) is 28.5. The molecule has 3 aromatic rings. The summed E-state index contributed by atoms with van der Waals surface area (Å²) in [7, 11) is 0. The number of hydrogen-bond donors (Lipinski definition) is 3. The van der Waals surface area contributed by atoms with E-state index in [9.17, 15) is 24.0 Å². The highest BCUT2D eigenvalue weighted by Crippen LogP contribution is 2.30. The molecule has 5 rings (SSSR count). The molecule has 0 bridgehead atoms. The maximum Gasteiger partial charge on any atom is 0.319 e. The first-order chi connectivity index (χ1) is 20.1. The quantitative estimate of drug-likeness (QED) is 0.332. The molecular weight excluding hydrogens is 536 g/mol. The van der Waals surface area contributed by atoms with Gasteiger partial charge in [0.15, 0.2) is 0 Å². The zero-order valence-electron chi connectivity index (χ0n) is 23.7. The van der Waals surface area contributed by atoms with Gasteiger partial charge in [0.25, 0.3) is 11.8 Å². The van der Waals surface area contributed by atoms with Crippen LogP contribution in [0.25, 0.3) is 0 Å². The van der Waals surface area contributed by atoms with Crippen LogP contribution in [0.4, 0.5) is 10.5 Å². The van der Waals surface area contributed by atoms with E-state index in [0.29, 0.717) is 17.0 Å². The van der Waals surface area contributed by atoms with Crippen molar-refractivity contribution < 1.29 is 28.7 Å². The Morgan fingerprint density at radius 2 is 1.57 bits per heavy atom. The van der Waals surface area contributed by atoms with Crippen LogP contribution in [0.3, 0.4) is 0 Å². The van der Waals surface area contributed by atoms with E-state index >= 15 is 0 Å². The Morgan fingerprint density at radius 1 is 0.929 bits per heavy atom. The van der Waals surface area contributed by atoms with E-state index < -0.39 is 35.7 Å². The van der Waals surface area contributed by atoms with Crippen LogP contribution in [0.5, 0.6) is 11.5 Å². The number of rotatable bonds is 8. The molecular formula is C32H32N4O6. The third-order valence-electron chi connectivity index (χ3n) is 7.82. The van der Waals surface area contributed by atoms with Crippen molar-refractivity contribution in [2.45, 2.75) is 58.0 Å². The molecule has 0 aliphatic carbocycles. The number of imide groups is 2. The van der Waals surface area contributed by atoms with Crippen molar-refractivity contribution in [2.24, 2.45) is 0 Å². The number of urea groups is 1. The second-order valence-electron chi connectivity index (χ2n) is 11.0. The molecule has 10 nitrogen and oxygen atoms in total. The zero-order valence-corrected chi connectivity index (χ0v) is 23.7. The maximum absolute atomic E-state index is 13.0. The summed E-state index contributed by atoms with van der Waals surface area (Å²) in [5, 5.41) is 7.66. The van der Waals surface area contributed by atoms with Gasteiger partial charge in [-0.2, -0.15) is 0 Å². The lowest BCUT2D eigenvalue weighted by molar-refractivity contribution is -0.136. The van der Waals surface area contributed by atoms with E-state index in [1.54, 1.807) is 30.3 Å². The Labute approximate surface area is 243 Å². The third kappa shape index (κ3) is 5.88. The summed E-state index contributed by atoms with van der Waals surface area (Å²) in [6.45, 7) is 6.68. The van der Waals surface area contributed by atoms with Crippen LogP contribution in [0.15, 0.2) is 66.7 Å². The summed E-state index contributed by atoms with van der Waals surface area (Å²) in [6.07, 6.45) is 1.17. The standard InChI is InChI=1S/C32H32N4O6/c1-4-32(2,3)20-6-10-22(11-7-20)42-23-12-8-21(9-13-23)34-31(41)33-18-19-5-14-24-25(17-19)30(40)36(29(24)39)26-15-16-27(37)35-28(26)38/h5-14,17,26H,4,15-16,18H2,1-3H3,(H2,33,34,41)(H,35,37,38). The minimum absolute atomic E-state index is 0.0510. The van der Waals surface area contributed by atoms with Gasteiger partial charge in [-0.25, -0.2) is 4.79 Å². The predicted octanol–water partition coefficient (Wildman–Crippen LogP) is 4.89. The molecule has 0 radical (unpaired) electrons. The van der Waals surface area contributed by atoms with Crippen LogP contribution < -0.4 is 20.7 Å².